The van der Waals surface area contributed by atoms with Gasteiger partial charge in [-0.2, -0.15) is 0 Å². The fourth-order valence-corrected chi connectivity index (χ4v) is 3.69. The molecule has 2 N–H and O–H groups in total. The maximum absolute atomic E-state index is 12.0. The summed E-state index contributed by atoms with van der Waals surface area (Å²) in [6.07, 6.45) is -0.745. The van der Waals surface area contributed by atoms with E-state index in [-0.39, 0.29) is 0 Å². The van der Waals surface area contributed by atoms with Gasteiger partial charge in [0, 0.05) is 12.0 Å². The third-order valence-corrected chi connectivity index (χ3v) is 5.17. The third-order valence-electron chi connectivity index (χ3n) is 5.17. The molecule has 2 unspecified atom stereocenters. The Kier molecular flexibility index (Phi) is 4.80. The van der Waals surface area contributed by atoms with Crippen LogP contribution in [0.15, 0.2) is 77.8 Å². The summed E-state index contributed by atoms with van der Waals surface area (Å²) < 4.78 is 0. The molecule has 0 fully saturated rings. The number of aliphatic hydroxyl groups excluding tert-OH is 1. The van der Waals surface area contributed by atoms with Crippen molar-refractivity contribution in [3.8, 4) is 11.1 Å². The molecule has 0 spiro atoms. The summed E-state index contributed by atoms with van der Waals surface area (Å²) in [5.74, 6) is -2.08. The van der Waals surface area contributed by atoms with E-state index in [9.17, 15) is 15.0 Å². The number of carboxylic acids is 1. The second-order valence-electron chi connectivity index (χ2n) is 7.14. The highest BCUT2D eigenvalue weighted by molar-refractivity contribution is 6.02. The number of hydrogen-bond donors (Lipinski definition) is 2. The number of nitrogens with zero attached hydrogens (tertiary/aromatic N) is 1. The number of carbonyl (C=O) groups is 1. The highest BCUT2D eigenvalue weighted by Crippen LogP contribution is 2.42. The molecule has 2 atom stereocenters. The Morgan fingerprint density at radius 1 is 0.964 bits per heavy atom. The van der Waals surface area contributed by atoms with E-state index in [1.807, 2.05) is 73.7 Å². The van der Waals surface area contributed by atoms with Crippen molar-refractivity contribution in [1.29, 1.82) is 0 Å². The van der Waals surface area contributed by atoms with Crippen LogP contribution in [0.2, 0.25) is 0 Å². The zero-order valence-corrected chi connectivity index (χ0v) is 15.5. The molecule has 140 valence electrons. The third kappa shape index (κ3) is 3.35. The number of benzene rings is 3. The average molecular weight is 371 g/mol. The quantitative estimate of drug-likeness (QED) is 0.708. The van der Waals surface area contributed by atoms with Crippen LogP contribution in [0.25, 0.3) is 11.1 Å². The van der Waals surface area contributed by atoms with Gasteiger partial charge in [-0.3, -0.25) is 9.79 Å². The van der Waals surface area contributed by atoms with E-state index in [0.717, 1.165) is 22.3 Å². The lowest BCUT2D eigenvalue weighted by Crippen LogP contribution is -2.36. The van der Waals surface area contributed by atoms with Gasteiger partial charge in [0.05, 0.1) is 11.4 Å². The van der Waals surface area contributed by atoms with Crippen LogP contribution in [-0.2, 0) is 11.2 Å². The molecule has 3 aromatic rings. The van der Waals surface area contributed by atoms with Crippen LogP contribution in [0.1, 0.15) is 22.6 Å². The molecule has 4 heteroatoms. The summed E-state index contributed by atoms with van der Waals surface area (Å²) >= 11 is 0. The van der Waals surface area contributed by atoms with Crippen LogP contribution >= 0.6 is 0 Å². The molecule has 3 aromatic carbocycles. The van der Waals surface area contributed by atoms with Gasteiger partial charge in [-0.1, -0.05) is 78.4 Å². The first kappa shape index (κ1) is 18.1. The number of fused-ring (bicyclic) bond motifs is 1. The predicted molar refractivity (Wildman–Crippen MR) is 110 cm³/mol. The van der Waals surface area contributed by atoms with E-state index in [4.69, 9.17) is 4.99 Å². The van der Waals surface area contributed by atoms with Crippen molar-refractivity contribution in [2.24, 2.45) is 4.99 Å². The minimum atomic E-state index is -1.16. The van der Waals surface area contributed by atoms with Crippen LogP contribution in [0, 0.1) is 6.92 Å². The van der Waals surface area contributed by atoms with Crippen molar-refractivity contribution in [1.82, 2.24) is 0 Å². The maximum atomic E-state index is 12.0. The molecule has 28 heavy (non-hydrogen) atoms. The number of rotatable bonds is 4. The number of aliphatic carboxylic acids is 1. The molecule has 0 bridgehead atoms. The first-order chi connectivity index (χ1) is 13.5. The minimum Gasteiger partial charge on any atom is -0.481 e. The molecule has 0 radical (unpaired) electrons. The molecule has 0 aromatic heterocycles. The van der Waals surface area contributed by atoms with Crippen LogP contribution in [-0.4, -0.2) is 28.0 Å². The number of aliphatic imine (C=N–C) groups is 1. The molecule has 0 saturated carbocycles. The Labute approximate surface area is 163 Å². The highest BCUT2D eigenvalue weighted by atomic mass is 16.4. The Morgan fingerprint density at radius 2 is 1.68 bits per heavy atom. The summed E-state index contributed by atoms with van der Waals surface area (Å²) in [4.78, 5) is 16.8. The molecule has 0 saturated heterocycles. The topological polar surface area (TPSA) is 69.9 Å². The number of hydrogen-bond acceptors (Lipinski definition) is 3. The van der Waals surface area contributed by atoms with Crippen molar-refractivity contribution in [2.45, 2.75) is 25.4 Å². The van der Waals surface area contributed by atoms with E-state index < -0.39 is 18.0 Å². The fourth-order valence-electron chi connectivity index (χ4n) is 3.69. The van der Waals surface area contributed by atoms with Crippen molar-refractivity contribution in [3.05, 3.63) is 89.5 Å². The number of aryl methyl sites for hydroxylation is 1. The van der Waals surface area contributed by atoms with E-state index >= 15 is 0 Å². The van der Waals surface area contributed by atoms with Gasteiger partial charge in [0.15, 0.2) is 0 Å². The summed E-state index contributed by atoms with van der Waals surface area (Å²) in [5, 5.41) is 20.6. The van der Waals surface area contributed by atoms with Crippen molar-refractivity contribution in [2.75, 3.05) is 0 Å². The number of para-hydroxylation sites is 1. The van der Waals surface area contributed by atoms with Crippen molar-refractivity contribution < 1.29 is 15.0 Å². The number of aliphatic hydroxyl groups is 1. The average Bonchev–Trinajstić information content (AvgIpc) is 2.70. The molecule has 0 amide bonds. The molecule has 1 aliphatic heterocycles. The minimum absolute atomic E-state index is 0.411. The Morgan fingerprint density at radius 3 is 2.36 bits per heavy atom. The van der Waals surface area contributed by atoms with Gasteiger partial charge < -0.3 is 10.2 Å². The lowest BCUT2D eigenvalue weighted by molar-refractivity contribution is -0.140. The molecular formula is C24H21NO3. The van der Waals surface area contributed by atoms with Gasteiger partial charge in [-0.15, -0.1) is 0 Å². The van der Waals surface area contributed by atoms with Crippen molar-refractivity contribution >= 4 is 17.4 Å². The SMILES string of the molecule is Cc1ccc(CC2=Nc3c(-c4ccccc4)cccc3C(C(=O)O)C2O)cc1. The van der Waals surface area contributed by atoms with Gasteiger partial charge in [-0.05, 0) is 23.6 Å². The van der Waals surface area contributed by atoms with Gasteiger partial charge >= 0.3 is 5.97 Å². The van der Waals surface area contributed by atoms with E-state index in [1.165, 1.54) is 0 Å². The highest BCUT2D eigenvalue weighted by Gasteiger charge is 2.37. The summed E-state index contributed by atoms with van der Waals surface area (Å²) in [6.45, 7) is 2.01. The van der Waals surface area contributed by atoms with Crippen LogP contribution in [0.5, 0.6) is 0 Å². The van der Waals surface area contributed by atoms with Gasteiger partial charge in [-0.25, -0.2) is 0 Å². The zero-order chi connectivity index (χ0) is 19.7. The molecular weight excluding hydrogens is 350 g/mol. The van der Waals surface area contributed by atoms with Gasteiger partial charge in [0.1, 0.15) is 12.0 Å². The Bertz CT molecular complexity index is 1040. The number of carboxylic acid groups (broad SMARTS) is 1. The molecule has 4 rings (SSSR count). The Balaban J connectivity index is 1.85. The smallest absolute Gasteiger partial charge is 0.314 e. The van der Waals surface area contributed by atoms with Crippen LogP contribution in [0.3, 0.4) is 0 Å². The normalized spacial score (nSPS) is 18.3. The lowest BCUT2D eigenvalue weighted by Gasteiger charge is -2.28. The molecule has 1 aliphatic rings. The molecule has 4 nitrogen and oxygen atoms in total. The first-order valence-electron chi connectivity index (χ1n) is 9.27. The fraction of sp³-hybridized carbons (Fsp3) is 0.167. The molecule has 1 heterocycles. The summed E-state index contributed by atoms with van der Waals surface area (Å²) in [6, 6.07) is 23.3. The second kappa shape index (κ2) is 7.41. The Hall–Kier alpha value is -3.24. The van der Waals surface area contributed by atoms with E-state index in [1.54, 1.807) is 6.07 Å². The van der Waals surface area contributed by atoms with E-state index in [2.05, 4.69) is 0 Å². The van der Waals surface area contributed by atoms with E-state index in [0.29, 0.717) is 23.4 Å². The standard InChI is InChI=1S/C24H21NO3/c1-15-10-12-16(13-11-15)14-20-23(26)21(24(27)28)19-9-5-8-18(22(19)25-20)17-6-3-2-4-7-17/h2-13,21,23,26H,14H2,1H3,(H,27,28). The monoisotopic (exact) mass is 371 g/mol. The van der Waals surface area contributed by atoms with Crippen LogP contribution < -0.4 is 0 Å². The zero-order valence-electron chi connectivity index (χ0n) is 15.5. The van der Waals surface area contributed by atoms with Gasteiger partial charge in [0.2, 0.25) is 0 Å². The molecule has 0 aliphatic carbocycles. The van der Waals surface area contributed by atoms with Gasteiger partial charge in [0.25, 0.3) is 0 Å². The largest absolute Gasteiger partial charge is 0.481 e. The maximum Gasteiger partial charge on any atom is 0.314 e. The lowest BCUT2D eigenvalue weighted by atomic mass is 9.83. The predicted octanol–water partition coefficient (Wildman–Crippen LogP) is 4.52. The van der Waals surface area contributed by atoms with Crippen molar-refractivity contribution in [3.63, 3.8) is 0 Å². The summed E-state index contributed by atoms with van der Waals surface area (Å²) in [5.41, 5.74) is 5.65. The first-order valence-corrected chi connectivity index (χ1v) is 9.27. The second-order valence-corrected chi connectivity index (χ2v) is 7.14. The van der Waals surface area contributed by atoms with Crippen LogP contribution in [0.4, 0.5) is 5.69 Å². The summed E-state index contributed by atoms with van der Waals surface area (Å²) in [7, 11) is 0.